The number of hydrogen-bond acceptors (Lipinski definition) is 7. The fourth-order valence-electron chi connectivity index (χ4n) is 5.35. The number of aliphatic hydroxyl groups excluding tert-OH is 3. The van der Waals surface area contributed by atoms with Crippen molar-refractivity contribution in [2.45, 2.75) is 136 Å². The number of aliphatic hydroxyl groups is 3. The second kappa shape index (κ2) is 16.2. The second-order valence-corrected chi connectivity index (χ2v) is 12.4. The molecule has 0 aromatic carbocycles. The number of carbonyl (C=O) groups is 2. The van der Waals surface area contributed by atoms with Gasteiger partial charge in [0.15, 0.2) is 0 Å². The summed E-state index contributed by atoms with van der Waals surface area (Å²) in [5, 5.41) is 35.0. The molecule has 2 rings (SSSR count). The normalized spacial score (nSPS) is 24.0. The highest BCUT2D eigenvalue weighted by atomic mass is 19.4. The molecule has 0 radical (unpaired) electrons. The lowest BCUT2D eigenvalue weighted by Crippen LogP contribution is -2.74. The van der Waals surface area contributed by atoms with E-state index in [0.717, 1.165) is 4.90 Å². The second-order valence-electron chi connectivity index (χ2n) is 12.4. The van der Waals surface area contributed by atoms with Crippen LogP contribution in [0.2, 0.25) is 0 Å². The van der Waals surface area contributed by atoms with Crippen molar-refractivity contribution >= 4 is 12.0 Å². The van der Waals surface area contributed by atoms with Gasteiger partial charge in [-0.25, -0.2) is 4.79 Å². The molecule has 0 unspecified atom stereocenters. The summed E-state index contributed by atoms with van der Waals surface area (Å²) in [7, 11) is 0. The Kier molecular flexibility index (Phi) is 14.3. The standard InChI is InChI=1S/C27H34F17N3O6/c28-20(29,21(30,31)22(32,33)23(34,35)24(36,37)25(38,39)26(40,41)27(42,43)44)9-8-14(48)45-10-6-4-2-1-3-5-7-11-46-18-17(51)16(50)15(49)13-12-53-19(52)47(13)18/h13,15-18,46,49-51H,1-12H2,(H,45,48)/t13-,15+,16+,17-,18+/m1/s1. The summed E-state index contributed by atoms with van der Waals surface area (Å²) in [5.74, 6) is -58.6. The van der Waals surface area contributed by atoms with Gasteiger partial charge >= 0.3 is 53.7 Å². The van der Waals surface area contributed by atoms with Crippen LogP contribution in [0.1, 0.15) is 57.8 Å². The van der Waals surface area contributed by atoms with E-state index in [2.05, 4.69) is 5.32 Å². The van der Waals surface area contributed by atoms with E-state index >= 15 is 0 Å². The Labute approximate surface area is 288 Å². The van der Waals surface area contributed by atoms with Gasteiger partial charge in [-0.3, -0.25) is 15.0 Å². The van der Waals surface area contributed by atoms with Gasteiger partial charge < -0.3 is 25.4 Å². The van der Waals surface area contributed by atoms with Gasteiger partial charge in [-0.15, -0.1) is 0 Å². The van der Waals surface area contributed by atoms with Gasteiger partial charge in [0, 0.05) is 19.4 Å². The highest BCUT2D eigenvalue weighted by molar-refractivity contribution is 5.75. The van der Waals surface area contributed by atoms with Crippen LogP contribution in [0, 0.1) is 0 Å². The number of amides is 2. The van der Waals surface area contributed by atoms with E-state index in [4.69, 9.17) is 4.74 Å². The molecule has 2 heterocycles. The van der Waals surface area contributed by atoms with Crippen LogP contribution in [-0.4, -0.2) is 130 Å². The number of nitrogens with one attached hydrogen (secondary N) is 2. The van der Waals surface area contributed by atoms with Crippen LogP contribution in [-0.2, 0) is 9.53 Å². The van der Waals surface area contributed by atoms with Crippen LogP contribution >= 0.6 is 0 Å². The number of halogens is 17. The molecule has 0 bridgehead atoms. The van der Waals surface area contributed by atoms with E-state index in [1.807, 2.05) is 5.32 Å². The van der Waals surface area contributed by atoms with Gasteiger partial charge in [0.05, 0.1) is 6.04 Å². The van der Waals surface area contributed by atoms with Crippen molar-refractivity contribution in [1.29, 1.82) is 0 Å². The van der Waals surface area contributed by atoms with Crippen molar-refractivity contribution in [1.82, 2.24) is 15.5 Å². The lowest BCUT2D eigenvalue weighted by atomic mass is 9.88. The number of ether oxygens (including phenoxy) is 1. The minimum absolute atomic E-state index is 0.122. The zero-order valence-corrected chi connectivity index (χ0v) is 26.8. The molecule has 0 spiro atoms. The zero-order chi connectivity index (χ0) is 41.2. The van der Waals surface area contributed by atoms with Gasteiger partial charge in [0.2, 0.25) is 5.91 Å². The Morgan fingerprint density at radius 2 is 1.06 bits per heavy atom. The van der Waals surface area contributed by atoms with Crippen molar-refractivity contribution in [3.8, 4) is 0 Å². The molecule has 312 valence electrons. The molecule has 0 saturated carbocycles. The number of cyclic esters (lactones) is 1. The Balaban J connectivity index is 1.77. The summed E-state index contributed by atoms with van der Waals surface area (Å²) in [6.45, 7) is -0.235. The largest absolute Gasteiger partial charge is 0.460 e. The van der Waals surface area contributed by atoms with Crippen molar-refractivity contribution < 1.29 is 104 Å². The van der Waals surface area contributed by atoms with Crippen molar-refractivity contribution in [2.24, 2.45) is 0 Å². The smallest absolute Gasteiger partial charge is 0.447 e. The number of rotatable bonds is 20. The fourth-order valence-corrected chi connectivity index (χ4v) is 5.35. The van der Waals surface area contributed by atoms with Gasteiger partial charge in [-0.2, -0.15) is 74.6 Å². The van der Waals surface area contributed by atoms with Crippen molar-refractivity contribution in [3.63, 3.8) is 0 Å². The van der Waals surface area contributed by atoms with E-state index < -0.39 is 103 Å². The third-order valence-electron chi connectivity index (χ3n) is 8.65. The number of carbonyl (C=O) groups excluding carboxylic acids is 2. The number of hydrogen-bond donors (Lipinski definition) is 5. The van der Waals surface area contributed by atoms with E-state index in [1.54, 1.807) is 0 Å². The number of fused-ring (bicyclic) bond motifs is 1. The van der Waals surface area contributed by atoms with Crippen LogP contribution in [0.5, 0.6) is 0 Å². The van der Waals surface area contributed by atoms with E-state index in [1.165, 1.54) is 0 Å². The topological polar surface area (TPSA) is 131 Å². The molecule has 9 nitrogen and oxygen atoms in total. The molecule has 53 heavy (non-hydrogen) atoms. The minimum atomic E-state index is -8.70. The first-order valence-corrected chi connectivity index (χ1v) is 15.6. The summed E-state index contributed by atoms with van der Waals surface area (Å²) >= 11 is 0. The van der Waals surface area contributed by atoms with Crippen molar-refractivity contribution in [2.75, 3.05) is 19.7 Å². The first-order chi connectivity index (χ1) is 23.9. The molecular weight excluding hydrogens is 785 g/mol. The summed E-state index contributed by atoms with van der Waals surface area (Å²) in [6.07, 6.45) is -15.4. The van der Waals surface area contributed by atoms with Crippen LogP contribution < -0.4 is 10.6 Å². The highest BCUT2D eigenvalue weighted by Gasteiger charge is 2.95. The highest BCUT2D eigenvalue weighted by Crippen LogP contribution is 2.64. The molecule has 5 N–H and O–H groups in total. The average molecular weight is 820 g/mol. The maximum Gasteiger partial charge on any atom is 0.460 e. The summed E-state index contributed by atoms with van der Waals surface area (Å²) < 4.78 is 232. The molecule has 2 aliphatic heterocycles. The average Bonchev–Trinajstić information content (AvgIpc) is 3.42. The molecule has 2 fully saturated rings. The molecule has 0 aromatic heterocycles. The minimum Gasteiger partial charge on any atom is -0.447 e. The molecule has 5 atom stereocenters. The third-order valence-corrected chi connectivity index (χ3v) is 8.65. The Morgan fingerprint density at radius 1 is 0.623 bits per heavy atom. The lowest BCUT2D eigenvalue weighted by Gasteiger charge is -2.44. The first-order valence-electron chi connectivity index (χ1n) is 15.6. The Morgan fingerprint density at radius 3 is 1.55 bits per heavy atom. The maximum atomic E-state index is 14.0. The SMILES string of the molecule is O=C(CCC(F)(F)C(F)(F)C(F)(F)C(F)(F)C(F)(F)C(F)(F)C(F)(F)C(F)(F)F)NCCCCCCCCCN[C@@H]1[C@H](O)[C@@H](O)[C@@H](O)[C@H]2COC(=O)N21. The monoisotopic (exact) mass is 819 g/mol. The van der Waals surface area contributed by atoms with Crippen LogP contribution in [0.15, 0.2) is 0 Å². The van der Waals surface area contributed by atoms with Crippen LogP contribution in [0.4, 0.5) is 79.4 Å². The van der Waals surface area contributed by atoms with Gasteiger partial charge in [-0.1, -0.05) is 32.1 Å². The molecule has 0 aliphatic carbocycles. The number of nitrogens with zero attached hydrogens (tertiary/aromatic N) is 1. The predicted octanol–water partition coefficient (Wildman–Crippen LogP) is 5.46. The van der Waals surface area contributed by atoms with E-state index in [-0.39, 0.29) is 26.1 Å². The van der Waals surface area contributed by atoms with E-state index in [0.29, 0.717) is 38.5 Å². The quantitative estimate of drug-likeness (QED) is 0.0816. The Hall–Kier alpha value is -2.61. The third kappa shape index (κ3) is 8.63. The Bertz CT molecular complexity index is 1260. The molecule has 2 saturated heterocycles. The van der Waals surface area contributed by atoms with Gasteiger partial charge in [0.1, 0.15) is 31.1 Å². The lowest BCUT2D eigenvalue weighted by molar-refractivity contribution is -0.461. The number of piperidine rings is 1. The predicted molar refractivity (Wildman–Crippen MR) is 142 cm³/mol. The van der Waals surface area contributed by atoms with Gasteiger partial charge in [0.25, 0.3) is 0 Å². The summed E-state index contributed by atoms with van der Waals surface area (Å²) in [6, 6.07) is -0.858. The molecule has 26 heteroatoms. The van der Waals surface area contributed by atoms with E-state index in [9.17, 15) is 99.5 Å². The van der Waals surface area contributed by atoms with Crippen LogP contribution in [0.3, 0.4) is 0 Å². The number of alkyl halides is 17. The summed E-state index contributed by atoms with van der Waals surface area (Å²) in [5.41, 5.74) is 0. The zero-order valence-electron chi connectivity index (χ0n) is 26.8. The molecular formula is C27H34F17N3O6. The molecule has 2 aliphatic rings. The van der Waals surface area contributed by atoms with Crippen molar-refractivity contribution in [3.05, 3.63) is 0 Å². The molecule has 2 amide bonds. The van der Waals surface area contributed by atoms with Gasteiger partial charge in [-0.05, 0) is 19.4 Å². The summed E-state index contributed by atoms with van der Waals surface area (Å²) in [4.78, 5) is 24.8. The molecule has 0 aromatic rings. The fraction of sp³-hybridized carbons (Fsp3) is 0.926. The first kappa shape index (κ1) is 46.5. The number of unbranched alkanes of at least 4 members (excludes halogenated alkanes) is 6. The van der Waals surface area contributed by atoms with Crippen LogP contribution in [0.25, 0.3) is 0 Å². The maximum absolute atomic E-state index is 14.0.